The maximum Gasteiger partial charge on any atom is 0.179 e. The van der Waals surface area contributed by atoms with E-state index in [-0.39, 0.29) is 10.9 Å². The Morgan fingerprint density at radius 2 is 1.87 bits per heavy atom. The maximum absolute atomic E-state index is 11.8. The molecular weight excluding hydrogens is 310 g/mol. The largest absolute Gasteiger partial charge is 0.367 e. The van der Waals surface area contributed by atoms with E-state index in [0.717, 1.165) is 6.54 Å². The Balaban J connectivity index is 1.98. The van der Waals surface area contributed by atoms with Crippen LogP contribution in [0, 0.1) is 0 Å². The van der Waals surface area contributed by atoms with Crippen LogP contribution < -0.4 is 5.32 Å². The van der Waals surface area contributed by atoms with Gasteiger partial charge in [-0.1, -0.05) is 30.3 Å². The number of benzene rings is 1. The van der Waals surface area contributed by atoms with E-state index in [9.17, 15) is 8.42 Å². The van der Waals surface area contributed by atoms with Gasteiger partial charge in [0.05, 0.1) is 0 Å². The molecule has 0 fully saturated rings. The number of pyridine rings is 1. The Hall–Kier alpha value is -1.92. The highest BCUT2D eigenvalue weighted by molar-refractivity contribution is 7.90. The molecule has 0 amide bonds. The number of sulfone groups is 1. The number of hydrogen-bond acceptors (Lipinski definition) is 5. The molecule has 0 aliphatic carbocycles. The molecule has 1 aromatic heterocycles. The molecule has 0 bridgehead atoms. The van der Waals surface area contributed by atoms with E-state index < -0.39 is 9.84 Å². The summed E-state index contributed by atoms with van der Waals surface area (Å²) in [6, 6.07) is 13.7. The topological polar surface area (TPSA) is 62.3 Å². The van der Waals surface area contributed by atoms with Gasteiger partial charge >= 0.3 is 0 Å². The van der Waals surface area contributed by atoms with E-state index in [0.29, 0.717) is 12.4 Å². The van der Waals surface area contributed by atoms with Crippen LogP contribution in [0.3, 0.4) is 0 Å². The van der Waals surface area contributed by atoms with Crippen LogP contribution in [0.2, 0.25) is 0 Å². The van der Waals surface area contributed by atoms with Crippen molar-refractivity contribution in [1.29, 1.82) is 0 Å². The van der Waals surface area contributed by atoms with Crippen molar-refractivity contribution in [2.75, 3.05) is 25.2 Å². The molecular formula is C17H23N3O2S. The van der Waals surface area contributed by atoms with Gasteiger partial charge < -0.3 is 5.32 Å². The number of nitrogens with zero attached hydrogens (tertiary/aromatic N) is 2. The van der Waals surface area contributed by atoms with Gasteiger partial charge in [-0.15, -0.1) is 0 Å². The van der Waals surface area contributed by atoms with Crippen molar-refractivity contribution in [1.82, 2.24) is 9.88 Å². The van der Waals surface area contributed by atoms with Gasteiger partial charge in [-0.25, -0.2) is 13.4 Å². The zero-order chi connectivity index (χ0) is 16.9. The Bertz CT molecular complexity index is 733. The van der Waals surface area contributed by atoms with Crippen LogP contribution in [0.1, 0.15) is 12.5 Å². The fraction of sp³-hybridized carbons (Fsp3) is 0.353. The van der Waals surface area contributed by atoms with Crippen molar-refractivity contribution in [2.45, 2.75) is 24.4 Å². The first kappa shape index (κ1) is 17.4. The normalized spacial score (nSPS) is 13.0. The van der Waals surface area contributed by atoms with E-state index in [2.05, 4.69) is 41.3 Å². The van der Waals surface area contributed by atoms with Crippen LogP contribution in [0.25, 0.3) is 0 Å². The molecule has 2 rings (SSSR count). The van der Waals surface area contributed by atoms with E-state index in [4.69, 9.17) is 0 Å². The van der Waals surface area contributed by atoms with E-state index >= 15 is 0 Å². The van der Waals surface area contributed by atoms with Gasteiger partial charge in [-0.2, -0.15) is 0 Å². The van der Waals surface area contributed by atoms with E-state index in [1.807, 2.05) is 18.2 Å². The van der Waals surface area contributed by atoms with Crippen LogP contribution in [0.15, 0.2) is 53.6 Å². The minimum absolute atomic E-state index is 0.227. The Labute approximate surface area is 138 Å². The minimum atomic E-state index is -3.29. The molecule has 1 atom stereocenters. The van der Waals surface area contributed by atoms with Crippen molar-refractivity contribution in [3.8, 4) is 0 Å². The SMILES string of the molecule is CC(CNc1ncccc1S(C)(=O)=O)N(C)Cc1ccccc1. The lowest BCUT2D eigenvalue weighted by Gasteiger charge is -2.25. The molecule has 124 valence electrons. The van der Waals surface area contributed by atoms with Gasteiger partial charge in [0.15, 0.2) is 9.84 Å². The molecule has 0 saturated heterocycles. The minimum Gasteiger partial charge on any atom is -0.367 e. The lowest BCUT2D eigenvalue weighted by Crippen LogP contribution is -2.34. The summed E-state index contributed by atoms with van der Waals surface area (Å²) in [6.45, 7) is 3.55. The number of nitrogens with one attached hydrogen (secondary N) is 1. The Morgan fingerprint density at radius 3 is 2.52 bits per heavy atom. The third kappa shape index (κ3) is 5.04. The van der Waals surface area contributed by atoms with Crippen molar-refractivity contribution >= 4 is 15.7 Å². The highest BCUT2D eigenvalue weighted by Gasteiger charge is 2.15. The molecule has 1 aromatic carbocycles. The fourth-order valence-corrected chi connectivity index (χ4v) is 3.05. The Morgan fingerprint density at radius 1 is 1.17 bits per heavy atom. The number of aromatic nitrogens is 1. The molecule has 0 aliphatic heterocycles. The molecule has 23 heavy (non-hydrogen) atoms. The third-order valence-corrected chi connectivity index (χ3v) is 4.89. The number of hydrogen-bond donors (Lipinski definition) is 1. The molecule has 2 aromatic rings. The molecule has 0 aliphatic rings. The second-order valence-corrected chi connectivity index (χ2v) is 7.74. The van der Waals surface area contributed by atoms with Crippen molar-refractivity contribution in [3.63, 3.8) is 0 Å². The average Bonchev–Trinajstić information content (AvgIpc) is 2.53. The lowest BCUT2D eigenvalue weighted by atomic mass is 10.2. The summed E-state index contributed by atoms with van der Waals surface area (Å²) in [5.41, 5.74) is 1.25. The van der Waals surface area contributed by atoms with Crippen LogP contribution in [0.4, 0.5) is 5.82 Å². The molecule has 0 saturated carbocycles. The van der Waals surface area contributed by atoms with E-state index in [1.165, 1.54) is 11.8 Å². The fourth-order valence-electron chi connectivity index (χ4n) is 2.25. The molecule has 1 unspecified atom stereocenters. The summed E-state index contributed by atoms with van der Waals surface area (Å²) in [4.78, 5) is 6.60. The summed E-state index contributed by atoms with van der Waals surface area (Å²) >= 11 is 0. The lowest BCUT2D eigenvalue weighted by molar-refractivity contribution is 0.259. The second kappa shape index (κ2) is 7.57. The van der Waals surface area contributed by atoms with Gasteiger partial charge in [0, 0.05) is 31.6 Å². The smallest absolute Gasteiger partial charge is 0.179 e. The first-order chi connectivity index (χ1) is 10.9. The second-order valence-electron chi connectivity index (χ2n) is 5.75. The predicted molar refractivity (Wildman–Crippen MR) is 93.2 cm³/mol. The monoisotopic (exact) mass is 333 g/mol. The first-order valence-electron chi connectivity index (χ1n) is 7.51. The summed E-state index contributed by atoms with van der Waals surface area (Å²) in [5.74, 6) is 0.412. The first-order valence-corrected chi connectivity index (χ1v) is 9.40. The third-order valence-electron chi connectivity index (χ3n) is 3.76. The van der Waals surface area contributed by atoms with Gasteiger partial charge in [-0.05, 0) is 31.7 Å². The standard InChI is InChI=1S/C17H23N3O2S/c1-14(20(2)13-15-8-5-4-6-9-15)12-19-17-16(23(3,21)22)10-7-11-18-17/h4-11,14H,12-13H2,1-3H3,(H,18,19). The summed E-state index contributed by atoms with van der Waals surface area (Å²) < 4.78 is 23.6. The van der Waals surface area contributed by atoms with Crippen LogP contribution in [-0.2, 0) is 16.4 Å². The van der Waals surface area contributed by atoms with Crippen molar-refractivity contribution in [3.05, 3.63) is 54.2 Å². The van der Waals surface area contributed by atoms with Gasteiger partial charge in [0.1, 0.15) is 10.7 Å². The highest BCUT2D eigenvalue weighted by Crippen LogP contribution is 2.18. The average molecular weight is 333 g/mol. The maximum atomic E-state index is 11.8. The van der Waals surface area contributed by atoms with E-state index in [1.54, 1.807) is 18.3 Å². The molecule has 6 heteroatoms. The van der Waals surface area contributed by atoms with Gasteiger partial charge in [0.25, 0.3) is 0 Å². The number of rotatable bonds is 7. The van der Waals surface area contributed by atoms with Crippen LogP contribution in [-0.4, -0.2) is 44.2 Å². The summed E-state index contributed by atoms with van der Waals surface area (Å²) in [5, 5.41) is 3.15. The molecule has 0 spiro atoms. The van der Waals surface area contributed by atoms with Gasteiger partial charge in [0.2, 0.25) is 0 Å². The number of anilines is 1. The quantitative estimate of drug-likeness (QED) is 0.843. The molecule has 0 radical (unpaired) electrons. The van der Waals surface area contributed by atoms with Crippen molar-refractivity contribution in [2.24, 2.45) is 0 Å². The molecule has 1 heterocycles. The summed E-state index contributed by atoms with van der Waals surface area (Å²) in [6.07, 6.45) is 2.79. The zero-order valence-corrected chi connectivity index (χ0v) is 14.5. The Kier molecular flexibility index (Phi) is 5.74. The van der Waals surface area contributed by atoms with Gasteiger partial charge in [-0.3, -0.25) is 4.90 Å². The summed E-state index contributed by atoms with van der Waals surface area (Å²) in [7, 11) is -1.24. The zero-order valence-electron chi connectivity index (χ0n) is 13.7. The number of likely N-dealkylation sites (N-methyl/N-ethyl adjacent to an activating group) is 1. The van der Waals surface area contributed by atoms with Crippen LogP contribution >= 0.6 is 0 Å². The van der Waals surface area contributed by atoms with Crippen molar-refractivity contribution < 1.29 is 8.42 Å². The van der Waals surface area contributed by atoms with Crippen LogP contribution in [0.5, 0.6) is 0 Å². The molecule has 1 N–H and O–H groups in total. The molecule has 5 nitrogen and oxygen atoms in total. The predicted octanol–water partition coefficient (Wildman–Crippen LogP) is 2.42. The highest BCUT2D eigenvalue weighted by atomic mass is 32.2.